The van der Waals surface area contributed by atoms with Crippen LogP contribution in [0.2, 0.25) is 0 Å². The van der Waals surface area contributed by atoms with Crippen LogP contribution in [0.25, 0.3) is 0 Å². The van der Waals surface area contributed by atoms with Crippen LogP contribution in [0.1, 0.15) is 0 Å². The lowest BCUT2D eigenvalue weighted by Crippen LogP contribution is -2.08. The predicted octanol–water partition coefficient (Wildman–Crippen LogP) is 0.144. The Morgan fingerprint density at radius 2 is 2.20 bits per heavy atom. The summed E-state index contributed by atoms with van der Waals surface area (Å²) >= 11 is 0. The van der Waals surface area contributed by atoms with Gasteiger partial charge in [-0.2, -0.15) is 0 Å². The number of likely N-dealkylation sites (N-methyl/N-ethyl adjacent to an activating group) is 1. The van der Waals surface area contributed by atoms with Gasteiger partial charge >= 0.3 is 0 Å². The first kappa shape index (κ1) is 2.91. The maximum absolute atomic E-state index is 3.03. The van der Waals surface area contributed by atoms with E-state index in [2.05, 4.69) is 17.5 Å². The van der Waals surface area contributed by atoms with Crippen molar-refractivity contribution in [3.8, 4) is 0 Å². The summed E-state index contributed by atoms with van der Waals surface area (Å²) in [7, 11) is 1.95. The summed E-state index contributed by atoms with van der Waals surface area (Å²) in [5, 5.41) is 3.03. The van der Waals surface area contributed by atoms with Crippen molar-refractivity contribution in [2.45, 2.75) is 6.04 Å². The van der Waals surface area contributed by atoms with Crippen LogP contribution in [-0.2, 0) is 0 Å². The summed E-state index contributed by atoms with van der Waals surface area (Å²) in [6.07, 6.45) is 4.22. The molecule has 0 amide bonds. The monoisotopic (exact) mass is 69.1 g/mol. The maximum atomic E-state index is 3.03. The highest BCUT2D eigenvalue weighted by Crippen LogP contribution is 2.00. The minimum absolute atomic E-state index is 0.634. The Balaban J connectivity index is 2.06. The lowest BCUT2D eigenvalue weighted by molar-refractivity contribution is 0.861. The molecule has 1 N–H and O–H groups in total. The van der Waals surface area contributed by atoms with Crippen LogP contribution in [0.3, 0.4) is 0 Å². The Morgan fingerprint density at radius 1 is 1.60 bits per heavy atom. The zero-order chi connectivity index (χ0) is 3.70. The Kier molecular flexibility index (Phi) is 0.484. The molecule has 0 aliphatic heterocycles. The second kappa shape index (κ2) is 0.830. The molecule has 1 rings (SSSR count). The van der Waals surface area contributed by atoms with Crippen LogP contribution in [-0.4, -0.2) is 13.1 Å². The van der Waals surface area contributed by atoms with E-state index >= 15 is 0 Å². The smallest absolute Gasteiger partial charge is 0.0434 e. The van der Waals surface area contributed by atoms with E-state index in [1.165, 1.54) is 0 Å². The zero-order valence-electron chi connectivity index (χ0n) is 3.23. The van der Waals surface area contributed by atoms with Gasteiger partial charge in [0.1, 0.15) is 0 Å². The number of nitrogens with one attached hydrogen (secondary N) is 1. The molecule has 1 heteroatoms. The number of hydrogen-bond acceptors (Lipinski definition) is 1. The first-order valence-corrected chi connectivity index (χ1v) is 1.79. The van der Waals surface area contributed by atoms with E-state index in [0.717, 1.165) is 0 Å². The Bertz CT molecular complexity index is 50.7. The SMILES string of the molecule is CNC1C=C1. The second-order valence-electron chi connectivity index (χ2n) is 1.20. The molecule has 0 saturated heterocycles. The van der Waals surface area contributed by atoms with Crippen molar-refractivity contribution in [2.24, 2.45) is 0 Å². The molecular weight excluding hydrogens is 62.1 g/mol. The van der Waals surface area contributed by atoms with Crippen molar-refractivity contribution in [1.82, 2.24) is 5.32 Å². The molecular formula is C4H7N. The molecule has 0 aromatic rings. The molecule has 0 fully saturated rings. The van der Waals surface area contributed by atoms with E-state index in [4.69, 9.17) is 0 Å². The van der Waals surface area contributed by atoms with Crippen LogP contribution < -0.4 is 5.32 Å². The van der Waals surface area contributed by atoms with Crippen molar-refractivity contribution in [3.05, 3.63) is 12.2 Å². The van der Waals surface area contributed by atoms with E-state index in [9.17, 15) is 0 Å². The molecule has 0 saturated carbocycles. The lowest BCUT2D eigenvalue weighted by Gasteiger charge is -1.82. The van der Waals surface area contributed by atoms with Gasteiger partial charge in [-0.1, -0.05) is 12.2 Å². The van der Waals surface area contributed by atoms with Crippen LogP contribution >= 0.6 is 0 Å². The Hall–Kier alpha value is -0.300. The highest BCUT2D eigenvalue weighted by atomic mass is 14.9. The second-order valence-corrected chi connectivity index (χ2v) is 1.20. The Morgan fingerprint density at radius 3 is 2.20 bits per heavy atom. The van der Waals surface area contributed by atoms with E-state index in [-0.39, 0.29) is 0 Å². The molecule has 5 heavy (non-hydrogen) atoms. The van der Waals surface area contributed by atoms with Gasteiger partial charge < -0.3 is 5.32 Å². The molecule has 0 aromatic carbocycles. The first-order valence-electron chi connectivity index (χ1n) is 1.79. The number of rotatable bonds is 1. The average molecular weight is 69.1 g/mol. The van der Waals surface area contributed by atoms with Crippen LogP contribution in [0.5, 0.6) is 0 Å². The molecule has 28 valence electrons. The molecule has 0 heterocycles. The van der Waals surface area contributed by atoms with Crippen molar-refractivity contribution >= 4 is 0 Å². The van der Waals surface area contributed by atoms with E-state index in [1.807, 2.05) is 7.05 Å². The molecule has 0 bridgehead atoms. The minimum Gasteiger partial charge on any atom is -0.310 e. The van der Waals surface area contributed by atoms with E-state index < -0.39 is 0 Å². The molecule has 0 atom stereocenters. The van der Waals surface area contributed by atoms with Gasteiger partial charge in [-0.15, -0.1) is 0 Å². The normalized spacial score (nSPS) is 20.2. The van der Waals surface area contributed by atoms with Crippen molar-refractivity contribution in [1.29, 1.82) is 0 Å². The molecule has 0 unspecified atom stereocenters. The molecule has 0 aromatic heterocycles. The fraction of sp³-hybridized carbons (Fsp3) is 0.500. The summed E-state index contributed by atoms with van der Waals surface area (Å²) in [4.78, 5) is 0. The summed E-state index contributed by atoms with van der Waals surface area (Å²) in [6, 6.07) is 0.634. The quantitative estimate of drug-likeness (QED) is 0.432. The standard InChI is InChI=1S/C4H7N/c1-5-4-2-3-4/h2-5H,1H3. The summed E-state index contributed by atoms with van der Waals surface area (Å²) in [5.41, 5.74) is 0. The summed E-state index contributed by atoms with van der Waals surface area (Å²) in [5.74, 6) is 0. The topological polar surface area (TPSA) is 12.0 Å². The highest BCUT2D eigenvalue weighted by molar-refractivity contribution is 5.19. The van der Waals surface area contributed by atoms with Crippen LogP contribution in [0.15, 0.2) is 12.2 Å². The highest BCUT2D eigenvalue weighted by Gasteiger charge is 2.03. The van der Waals surface area contributed by atoms with Gasteiger partial charge in [-0.05, 0) is 7.05 Å². The van der Waals surface area contributed by atoms with Crippen molar-refractivity contribution < 1.29 is 0 Å². The van der Waals surface area contributed by atoms with Crippen LogP contribution in [0.4, 0.5) is 0 Å². The van der Waals surface area contributed by atoms with Gasteiger partial charge in [0.25, 0.3) is 0 Å². The fourth-order valence-electron chi connectivity index (χ4n) is 0.248. The Labute approximate surface area is 31.7 Å². The third-order valence-corrected chi connectivity index (χ3v) is 0.718. The van der Waals surface area contributed by atoms with Gasteiger partial charge in [0.15, 0.2) is 0 Å². The van der Waals surface area contributed by atoms with Gasteiger partial charge in [0.05, 0.1) is 0 Å². The van der Waals surface area contributed by atoms with Crippen molar-refractivity contribution in [3.63, 3.8) is 0 Å². The van der Waals surface area contributed by atoms with Gasteiger partial charge in [-0.3, -0.25) is 0 Å². The fourth-order valence-corrected chi connectivity index (χ4v) is 0.248. The van der Waals surface area contributed by atoms with Crippen LogP contribution in [0, 0.1) is 0 Å². The third kappa shape index (κ3) is 0.484. The largest absolute Gasteiger partial charge is 0.310 e. The summed E-state index contributed by atoms with van der Waals surface area (Å²) < 4.78 is 0. The first-order chi connectivity index (χ1) is 2.43. The molecule has 0 spiro atoms. The molecule has 1 nitrogen and oxygen atoms in total. The average Bonchev–Trinajstić information content (AvgIpc) is 2.12. The minimum atomic E-state index is 0.634. The number of hydrogen-bond donors (Lipinski definition) is 1. The van der Waals surface area contributed by atoms with E-state index in [0.29, 0.717) is 6.04 Å². The van der Waals surface area contributed by atoms with Gasteiger partial charge in [0.2, 0.25) is 0 Å². The third-order valence-electron chi connectivity index (χ3n) is 0.718. The zero-order valence-corrected chi connectivity index (χ0v) is 3.23. The maximum Gasteiger partial charge on any atom is 0.0434 e. The van der Waals surface area contributed by atoms with Gasteiger partial charge in [0, 0.05) is 6.04 Å². The molecule has 1 aliphatic rings. The summed E-state index contributed by atoms with van der Waals surface area (Å²) in [6.45, 7) is 0. The lowest BCUT2D eigenvalue weighted by atomic mass is 10.7. The van der Waals surface area contributed by atoms with Crippen molar-refractivity contribution in [2.75, 3.05) is 7.05 Å². The predicted molar refractivity (Wildman–Crippen MR) is 22.0 cm³/mol. The van der Waals surface area contributed by atoms with Gasteiger partial charge in [-0.25, -0.2) is 0 Å². The van der Waals surface area contributed by atoms with E-state index in [1.54, 1.807) is 0 Å². The molecule has 0 radical (unpaired) electrons. The molecule has 1 aliphatic carbocycles.